The van der Waals surface area contributed by atoms with Crippen LogP contribution in [-0.4, -0.2) is 48.3 Å². The number of likely N-dealkylation sites (tertiary alicyclic amines) is 1. The summed E-state index contributed by atoms with van der Waals surface area (Å²) in [5.41, 5.74) is 0.122. The van der Waals surface area contributed by atoms with Gasteiger partial charge >= 0.3 is 12.0 Å². The Hall–Kier alpha value is -1.60. The maximum absolute atomic E-state index is 12.2. The molecule has 110 valence electrons. The molecule has 0 spiro atoms. The molecule has 0 bridgehead atoms. The Morgan fingerprint density at radius 2 is 2.30 bits per heavy atom. The number of nitrogens with zero attached hydrogens (tertiary/aromatic N) is 1. The van der Waals surface area contributed by atoms with E-state index in [1.807, 2.05) is 0 Å². The van der Waals surface area contributed by atoms with Crippen LogP contribution >= 0.6 is 11.3 Å². The molecule has 2 heterocycles. The fourth-order valence-electron chi connectivity index (χ4n) is 2.28. The van der Waals surface area contributed by atoms with Crippen molar-refractivity contribution in [1.82, 2.24) is 4.90 Å². The first-order valence-electron chi connectivity index (χ1n) is 6.42. The molecule has 2 unspecified atom stereocenters. The number of amides is 2. The first-order chi connectivity index (χ1) is 9.52. The molecule has 1 saturated heterocycles. The lowest BCUT2D eigenvalue weighted by molar-refractivity contribution is 0.00896. The summed E-state index contributed by atoms with van der Waals surface area (Å²) in [6, 6.07) is 1.21. The SMILES string of the molecule is COC1CN(C(=O)Nc2sccc2C(=O)O)CCC1C. The molecule has 1 aliphatic rings. The Balaban J connectivity index is 2.01. The molecule has 0 aromatic carbocycles. The minimum atomic E-state index is -1.04. The second-order valence-electron chi connectivity index (χ2n) is 4.88. The number of carbonyl (C=O) groups is 2. The van der Waals surface area contributed by atoms with Crippen molar-refractivity contribution in [3.05, 3.63) is 17.0 Å². The Morgan fingerprint density at radius 3 is 2.95 bits per heavy atom. The van der Waals surface area contributed by atoms with Crippen molar-refractivity contribution in [3.8, 4) is 0 Å². The monoisotopic (exact) mass is 298 g/mol. The second kappa shape index (κ2) is 6.23. The Bertz CT molecular complexity index is 502. The van der Waals surface area contributed by atoms with E-state index >= 15 is 0 Å². The topological polar surface area (TPSA) is 78.9 Å². The van der Waals surface area contributed by atoms with E-state index in [0.29, 0.717) is 24.0 Å². The Morgan fingerprint density at radius 1 is 1.55 bits per heavy atom. The van der Waals surface area contributed by atoms with E-state index in [1.54, 1.807) is 17.4 Å². The molecular formula is C13H18N2O4S. The van der Waals surface area contributed by atoms with Crippen LogP contribution in [0.4, 0.5) is 9.80 Å². The average molecular weight is 298 g/mol. The van der Waals surface area contributed by atoms with Gasteiger partial charge in [0, 0.05) is 20.2 Å². The smallest absolute Gasteiger partial charge is 0.338 e. The summed E-state index contributed by atoms with van der Waals surface area (Å²) in [7, 11) is 1.64. The molecule has 7 heteroatoms. The maximum Gasteiger partial charge on any atom is 0.338 e. The van der Waals surface area contributed by atoms with Gasteiger partial charge in [-0.2, -0.15) is 0 Å². The number of thiophene rings is 1. The van der Waals surface area contributed by atoms with Gasteiger partial charge in [0.15, 0.2) is 0 Å². The molecule has 2 rings (SSSR count). The van der Waals surface area contributed by atoms with E-state index in [1.165, 1.54) is 17.4 Å². The summed E-state index contributed by atoms with van der Waals surface area (Å²) in [4.78, 5) is 24.9. The van der Waals surface area contributed by atoms with Gasteiger partial charge in [0.1, 0.15) is 5.00 Å². The highest BCUT2D eigenvalue weighted by Gasteiger charge is 2.29. The van der Waals surface area contributed by atoms with E-state index in [2.05, 4.69) is 12.2 Å². The van der Waals surface area contributed by atoms with Crippen LogP contribution < -0.4 is 5.32 Å². The number of rotatable bonds is 3. The van der Waals surface area contributed by atoms with Crippen LogP contribution in [0.5, 0.6) is 0 Å². The van der Waals surface area contributed by atoms with Crippen LogP contribution in [0.25, 0.3) is 0 Å². The lowest BCUT2D eigenvalue weighted by Crippen LogP contribution is -2.48. The summed E-state index contributed by atoms with van der Waals surface area (Å²) in [5, 5.41) is 13.7. The molecule has 1 aromatic heterocycles. The molecule has 2 amide bonds. The zero-order valence-electron chi connectivity index (χ0n) is 11.5. The van der Waals surface area contributed by atoms with Gasteiger partial charge in [0.2, 0.25) is 0 Å². The third kappa shape index (κ3) is 3.10. The van der Waals surface area contributed by atoms with Gasteiger partial charge in [-0.15, -0.1) is 11.3 Å². The van der Waals surface area contributed by atoms with Crippen molar-refractivity contribution in [3.63, 3.8) is 0 Å². The molecular weight excluding hydrogens is 280 g/mol. The number of aromatic carboxylic acids is 1. The molecule has 6 nitrogen and oxygen atoms in total. The van der Waals surface area contributed by atoms with E-state index in [9.17, 15) is 9.59 Å². The summed E-state index contributed by atoms with van der Waals surface area (Å²) < 4.78 is 5.37. The van der Waals surface area contributed by atoms with Crippen molar-refractivity contribution in [2.24, 2.45) is 5.92 Å². The zero-order chi connectivity index (χ0) is 14.7. The van der Waals surface area contributed by atoms with Crippen molar-refractivity contribution in [2.75, 3.05) is 25.5 Å². The maximum atomic E-state index is 12.2. The van der Waals surface area contributed by atoms with Gasteiger partial charge in [-0.25, -0.2) is 9.59 Å². The number of carboxylic acids is 1. The quantitative estimate of drug-likeness (QED) is 0.897. The predicted octanol–water partition coefficient (Wildman–Crippen LogP) is 2.34. The van der Waals surface area contributed by atoms with Gasteiger partial charge in [-0.1, -0.05) is 6.92 Å². The van der Waals surface area contributed by atoms with Crippen LogP contribution in [-0.2, 0) is 4.74 Å². The van der Waals surface area contributed by atoms with Crippen LogP contribution in [0, 0.1) is 5.92 Å². The number of anilines is 1. The third-order valence-corrected chi connectivity index (χ3v) is 4.43. The highest BCUT2D eigenvalue weighted by Crippen LogP contribution is 2.25. The van der Waals surface area contributed by atoms with Crippen molar-refractivity contribution in [2.45, 2.75) is 19.4 Å². The summed E-state index contributed by atoms with van der Waals surface area (Å²) >= 11 is 1.21. The normalized spacial score (nSPS) is 22.6. The van der Waals surface area contributed by atoms with Crippen LogP contribution in [0.1, 0.15) is 23.7 Å². The van der Waals surface area contributed by atoms with Gasteiger partial charge in [0.25, 0.3) is 0 Å². The third-order valence-electron chi connectivity index (χ3n) is 3.60. The van der Waals surface area contributed by atoms with E-state index in [0.717, 1.165) is 6.42 Å². The molecule has 1 fully saturated rings. The highest BCUT2D eigenvalue weighted by atomic mass is 32.1. The van der Waals surface area contributed by atoms with Crippen molar-refractivity contribution >= 4 is 28.3 Å². The Labute approximate surface area is 121 Å². The molecule has 0 radical (unpaired) electrons. The molecule has 1 aromatic rings. The number of nitrogens with one attached hydrogen (secondary N) is 1. The largest absolute Gasteiger partial charge is 0.478 e. The number of piperidine rings is 1. The number of hydrogen-bond donors (Lipinski definition) is 2. The van der Waals surface area contributed by atoms with E-state index in [-0.39, 0.29) is 17.7 Å². The highest BCUT2D eigenvalue weighted by molar-refractivity contribution is 7.14. The van der Waals surface area contributed by atoms with Crippen molar-refractivity contribution in [1.29, 1.82) is 0 Å². The average Bonchev–Trinajstić information content (AvgIpc) is 2.87. The minimum Gasteiger partial charge on any atom is -0.478 e. The van der Waals surface area contributed by atoms with E-state index < -0.39 is 5.97 Å². The van der Waals surface area contributed by atoms with Gasteiger partial charge in [-0.3, -0.25) is 5.32 Å². The Kier molecular flexibility index (Phi) is 4.61. The summed E-state index contributed by atoms with van der Waals surface area (Å²) in [6.07, 6.45) is 0.902. The second-order valence-corrected chi connectivity index (χ2v) is 5.80. The summed E-state index contributed by atoms with van der Waals surface area (Å²) in [6.45, 7) is 3.28. The predicted molar refractivity (Wildman–Crippen MR) is 76.4 cm³/mol. The lowest BCUT2D eigenvalue weighted by Gasteiger charge is -2.36. The van der Waals surface area contributed by atoms with Crippen LogP contribution in [0.15, 0.2) is 11.4 Å². The first-order valence-corrected chi connectivity index (χ1v) is 7.30. The number of carbonyl (C=O) groups excluding carboxylic acids is 1. The standard InChI is InChI=1S/C13H18N2O4S/c1-8-3-5-15(7-10(8)19-2)13(18)14-11-9(12(16)17)4-6-20-11/h4,6,8,10H,3,5,7H2,1-2H3,(H,14,18)(H,16,17). The number of hydrogen-bond acceptors (Lipinski definition) is 4. The molecule has 0 aliphatic carbocycles. The van der Waals surface area contributed by atoms with E-state index in [4.69, 9.17) is 9.84 Å². The van der Waals surface area contributed by atoms with Crippen LogP contribution in [0.2, 0.25) is 0 Å². The molecule has 0 saturated carbocycles. The summed E-state index contributed by atoms with van der Waals surface area (Å²) in [5.74, 6) is -0.621. The number of carboxylic acid groups (broad SMARTS) is 1. The molecule has 1 aliphatic heterocycles. The lowest BCUT2D eigenvalue weighted by atomic mass is 9.96. The number of ether oxygens (including phenoxy) is 1. The van der Waals surface area contributed by atoms with Gasteiger partial charge in [0.05, 0.1) is 11.7 Å². The van der Waals surface area contributed by atoms with Gasteiger partial charge < -0.3 is 14.7 Å². The molecule has 2 atom stereocenters. The van der Waals surface area contributed by atoms with Crippen LogP contribution in [0.3, 0.4) is 0 Å². The fourth-order valence-corrected chi connectivity index (χ4v) is 3.04. The first kappa shape index (κ1) is 14.8. The zero-order valence-corrected chi connectivity index (χ0v) is 12.3. The molecule has 2 N–H and O–H groups in total. The number of methoxy groups -OCH3 is 1. The minimum absolute atomic E-state index is 0.0248. The molecule has 20 heavy (non-hydrogen) atoms. The number of urea groups is 1. The van der Waals surface area contributed by atoms with Gasteiger partial charge in [-0.05, 0) is 23.8 Å². The van der Waals surface area contributed by atoms with Crippen molar-refractivity contribution < 1.29 is 19.4 Å². The fraction of sp³-hybridized carbons (Fsp3) is 0.538.